The maximum absolute atomic E-state index is 13.0. The van der Waals surface area contributed by atoms with Gasteiger partial charge in [-0.25, -0.2) is 0 Å². The summed E-state index contributed by atoms with van der Waals surface area (Å²) >= 11 is 0. The molecule has 0 radical (unpaired) electrons. The van der Waals surface area contributed by atoms with Crippen LogP contribution in [0.2, 0.25) is 0 Å². The minimum atomic E-state index is -0.659. The molecule has 1 aliphatic rings. The SMILES string of the molecule is CC(C)CN1C(=O)C(C)(C)COc2cc(NC(=O)Cc3ccc([N+](=O)[O-])cc3)ccc21. The number of benzene rings is 2. The molecule has 3 rings (SSSR count). The number of hydrogen-bond acceptors (Lipinski definition) is 5. The van der Waals surface area contributed by atoms with E-state index in [1.165, 1.54) is 12.1 Å². The van der Waals surface area contributed by atoms with Gasteiger partial charge in [-0.1, -0.05) is 26.0 Å². The molecule has 0 saturated carbocycles. The normalized spacial score (nSPS) is 15.1. The number of rotatable bonds is 6. The highest BCUT2D eigenvalue weighted by Crippen LogP contribution is 2.38. The number of carbonyl (C=O) groups excluding carboxylic acids is 2. The van der Waals surface area contributed by atoms with Gasteiger partial charge in [0.1, 0.15) is 12.4 Å². The summed E-state index contributed by atoms with van der Waals surface area (Å²) in [4.78, 5) is 37.5. The van der Waals surface area contributed by atoms with E-state index >= 15 is 0 Å². The molecule has 0 bridgehead atoms. The summed E-state index contributed by atoms with van der Waals surface area (Å²) in [6.07, 6.45) is 0.0843. The zero-order valence-electron chi connectivity index (χ0n) is 18.2. The average molecular weight is 425 g/mol. The molecule has 0 saturated heterocycles. The molecule has 0 atom stereocenters. The second kappa shape index (κ2) is 8.75. The van der Waals surface area contributed by atoms with Gasteiger partial charge in [-0.05, 0) is 37.5 Å². The Bertz CT molecular complexity index is 999. The monoisotopic (exact) mass is 425 g/mol. The molecule has 8 nitrogen and oxygen atoms in total. The van der Waals surface area contributed by atoms with E-state index < -0.39 is 10.3 Å². The van der Waals surface area contributed by atoms with Crippen LogP contribution in [0.3, 0.4) is 0 Å². The minimum Gasteiger partial charge on any atom is -0.490 e. The second-order valence-corrected chi connectivity index (χ2v) is 8.81. The Morgan fingerprint density at radius 3 is 2.52 bits per heavy atom. The molecular weight excluding hydrogens is 398 g/mol. The van der Waals surface area contributed by atoms with E-state index in [2.05, 4.69) is 19.2 Å². The molecule has 2 amide bonds. The zero-order valence-corrected chi connectivity index (χ0v) is 18.2. The number of nitrogens with one attached hydrogen (secondary N) is 1. The largest absolute Gasteiger partial charge is 0.490 e. The molecule has 0 spiro atoms. The van der Waals surface area contributed by atoms with Crippen LogP contribution in [-0.2, 0) is 16.0 Å². The molecule has 1 aliphatic heterocycles. The van der Waals surface area contributed by atoms with Crippen molar-refractivity contribution in [1.29, 1.82) is 0 Å². The van der Waals surface area contributed by atoms with Gasteiger partial charge in [-0.2, -0.15) is 0 Å². The van der Waals surface area contributed by atoms with Crippen LogP contribution in [0, 0.1) is 21.4 Å². The topological polar surface area (TPSA) is 102 Å². The lowest BCUT2D eigenvalue weighted by Crippen LogP contribution is -2.43. The first kappa shape index (κ1) is 22.3. The summed E-state index contributed by atoms with van der Waals surface area (Å²) in [6.45, 7) is 8.65. The van der Waals surface area contributed by atoms with Crippen molar-refractivity contribution in [2.45, 2.75) is 34.1 Å². The van der Waals surface area contributed by atoms with E-state index in [1.54, 1.807) is 35.2 Å². The third-order valence-corrected chi connectivity index (χ3v) is 5.01. The third-order valence-electron chi connectivity index (χ3n) is 5.01. The van der Waals surface area contributed by atoms with Crippen LogP contribution in [0.25, 0.3) is 0 Å². The molecule has 2 aromatic rings. The van der Waals surface area contributed by atoms with Crippen LogP contribution in [0.1, 0.15) is 33.3 Å². The first-order valence-electron chi connectivity index (χ1n) is 10.2. The first-order chi connectivity index (χ1) is 14.6. The molecule has 1 heterocycles. The Balaban J connectivity index is 1.77. The van der Waals surface area contributed by atoms with E-state index in [-0.39, 0.29) is 36.4 Å². The van der Waals surface area contributed by atoms with Crippen LogP contribution in [0.4, 0.5) is 17.1 Å². The lowest BCUT2D eigenvalue weighted by atomic mass is 9.92. The van der Waals surface area contributed by atoms with Crippen LogP contribution in [0.5, 0.6) is 5.75 Å². The number of amides is 2. The Morgan fingerprint density at radius 2 is 1.90 bits per heavy atom. The molecule has 0 aromatic heterocycles. The number of nitro benzene ring substituents is 1. The van der Waals surface area contributed by atoms with Crippen molar-refractivity contribution < 1.29 is 19.2 Å². The lowest BCUT2D eigenvalue weighted by Gasteiger charge is -2.29. The van der Waals surface area contributed by atoms with Crippen LogP contribution in [-0.4, -0.2) is 29.9 Å². The molecule has 8 heteroatoms. The number of anilines is 2. The molecule has 31 heavy (non-hydrogen) atoms. The van der Waals surface area contributed by atoms with E-state index in [9.17, 15) is 19.7 Å². The van der Waals surface area contributed by atoms with Crippen molar-refractivity contribution in [2.24, 2.45) is 11.3 Å². The fraction of sp³-hybridized carbons (Fsp3) is 0.391. The molecule has 0 fully saturated rings. The number of fused-ring (bicyclic) bond motifs is 1. The van der Waals surface area contributed by atoms with Gasteiger partial charge in [0.15, 0.2) is 0 Å². The summed E-state index contributed by atoms with van der Waals surface area (Å²) in [5, 5.41) is 13.6. The zero-order chi connectivity index (χ0) is 22.8. The van der Waals surface area contributed by atoms with Crippen LogP contribution in [0.15, 0.2) is 42.5 Å². The summed E-state index contributed by atoms with van der Waals surface area (Å²) in [6, 6.07) is 11.1. The van der Waals surface area contributed by atoms with Gasteiger partial charge in [-0.15, -0.1) is 0 Å². The van der Waals surface area contributed by atoms with Crippen LogP contribution >= 0.6 is 0 Å². The third kappa shape index (κ3) is 5.20. The van der Waals surface area contributed by atoms with E-state index in [0.29, 0.717) is 29.2 Å². The number of ether oxygens (including phenoxy) is 1. The van der Waals surface area contributed by atoms with Gasteiger partial charge in [-0.3, -0.25) is 19.7 Å². The highest BCUT2D eigenvalue weighted by atomic mass is 16.6. The summed E-state index contributed by atoms with van der Waals surface area (Å²) < 4.78 is 5.94. The number of hydrogen-bond donors (Lipinski definition) is 1. The first-order valence-corrected chi connectivity index (χ1v) is 10.2. The van der Waals surface area contributed by atoms with E-state index in [1.807, 2.05) is 13.8 Å². The van der Waals surface area contributed by atoms with Gasteiger partial charge in [0.2, 0.25) is 11.8 Å². The maximum Gasteiger partial charge on any atom is 0.269 e. The van der Waals surface area contributed by atoms with Crippen molar-refractivity contribution in [3.05, 3.63) is 58.1 Å². The average Bonchev–Trinajstić information content (AvgIpc) is 2.78. The summed E-state index contributed by atoms with van der Waals surface area (Å²) in [7, 11) is 0. The van der Waals surface area contributed by atoms with Crippen molar-refractivity contribution in [3.63, 3.8) is 0 Å². The van der Waals surface area contributed by atoms with Gasteiger partial charge in [0.25, 0.3) is 5.69 Å². The van der Waals surface area contributed by atoms with Gasteiger partial charge in [0, 0.05) is 30.4 Å². The predicted octanol–water partition coefficient (Wildman–Crippen LogP) is 4.18. The lowest BCUT2D eigenvalue weighted by molar-refractivity contribution is -0.384. The van der Waals surface area contributed by atoms with Crippen molar-refractivity contribution >= 4 is 28.9 Å². The highest BCUT2D eigenvalue weighted by Gasteiger charge is 2.38. The molecule has 0 unspecified atom stereocenters. The molecule has 2 aromatic carbocycles. The van der Waals surface area contributed by atoms with Crippen molar-refractivity contribution in [3.8, 4) is 5.75 Å². The minimum absolute atomic E-state index is 0.00917. The van der Waals surface area contributed by atoms with E-state index in [0.717, 1.165) is 0 Å². The van der Waals surface area contributed by atoms with Gasteiger partial charge < -0.3 is 15.0 Å². The fourth-order valence-electron chi connectivity index (χ4n) is 3.40. The summed E-state index contributed by atoms with van der Waals surface area (Å²) in [5.74, 6) is 0.590. The Hall–Kier alpha value is -3.42. The van der Waals surface area contributed by atoms with Gasteiger partial charge in [0.05, 0.1) is 22.4 Å². The number of nitrogens with zero attached hydrogens (tertiary/aromatic N) is 2. The molecule has 164 valence electrons. The summed E-state index contributed by atoms with van der Waals surface area (Å²) in [5.41, 5.74) is 1.24. The number of non-ortho nitro benzene ring substituents is 1. The fourth-order valence-corrected chi connectivity index (χ4v) is 3.40. The Morgan fingerprint density at radius 1 is 1.23 bits per heavy atom. The maximum atomic E-state index is 13.0. The smallest absolute Gasteiger partial charge is 0.269 e. The quantitative estimate of drug-likeness (QED) is 0.552. The van der Waals surface area contributed by atoms with Gasteiger partial charge >= 0.3 is 0 Å². The molecule has 0 aliphatic carbocycles. The Kier molecular flexibility index (Phi) is 6.29. The number of carbonyl (C=O) groups is 2. The highest BCUT2D eigenvalue weighted by molar-refractivity contribution is 6.00. The predicted molar refractivity (Wildman–Crippen MR) is 118 cm³/mol. The molecular formula is C23H27N3O5. The van der Waals surface area contributed by atoms with Crippen LogP contribution < -0.4 is 15.0 Å². The van der Waals surface area contributed by atoms with E-state index in [4.69, 9.17) is 4.74 Å². The second-order valence-electron chi connectivity index (χ2n) is 8.81. The standard InChI is InChI=1S/C23H27N3O5/c1-15(2)13-25-19-10-7-17(12-20(19)31-14-23(3,4)22(25)28)24-21(27)11-16-5-8-18(9-6-16)26(29)30/h5-10,12,15H,11,13-14H2,1-4H3,(H,24,27). The van der Waals surface area contributed by atoms with Crippen molar-refractivity contribution in [2.75, 3.05) is 23.4 Å². The Labute approximate surface area is 181 Å². The van der Waals surface area contributed by atoms with Crippen molar-refractivity contribution in [1.82, 2.24) is 0 Å². The number of nitro groups is 1. The molecule has 1 N–H and O–H groups in total.